The predicted octanol–water partition coefficient (Wildman–Crippen LogP) is 2.51. The summed E-state index contributed by atoms with van der Waals surface area (Å²) in [6.07, 6.45) is 2.18. The number of carbonyl (C=O) groups excluding carboxylic acids is 2. The lowest BCUT2D eigenvalue weighted by Crippen LogP contribution is -2.24. The fourth-order valence-electron chi connectivity index (χ4n) is 1.61. The highest BCUT2D eigenvalue weighted by atomic mass is 16.5. The molecule has 4 nitrogen and oxygen atoms in total. The summed E-state index contributed by atoms with van der Waals surface area (Å²) in [5, 5.41) is 0. The number of pyridine rings is 1. The number of esters is 1. The smallest absolute Gasteiger partial charge is 0.338 e. The molecule has 19 heavy (non-hydrogen) atoms. The van der Waals surface area contributed by atoms with E-state index in [1.807, 2.05) is 6.07 Å². The average molecular weight is 255 g/mol. The Hall–Kier alpha value is -2.49. The quantitative estimate of drug-likeness (QED) is 0.622. The van der Waals surface area contributed by atoms with Gasteiger partial charge in [-0.25, -0.2) is 4.79 Å². The molecule has 2 aromatic rings. The fourth-order valence-corrected chi connectivity index (χ4v) is 1.61. The van der Waals surface area contributed by atoms with Gasteiger partial charge < -0.3 is 4.74 Å². The molecule has 0 aliphatic carbocycles. The van der Waals surface area contributed by atoms with Crippen LogP contribution < -0.4 is 0 Å². The lowest BCUT2D eigenvalue weighted by atomic mass is 10.1. The Morgan fingerprint density at radius 1 is 1.00 bits per heavy atom. The van der Waals surface area contributed by atoms with Gasteiger partial charge in [-0.3, -0.25) is 9.78 Å². The Morgan fingerprint density at radius 2 is 1.63 bits per heavy atom. The summed E-state index contributed by atoms with van der Waals surface area (Å²) in [5.41, 5.74) is 0.903. The van der Waals surface area contributed by atoms with Gasteiger partial charge in [0.1, 0.15) is 0 Å². The van der Waals surface area contributed by atoms with E-state index in [1.165, 1.54) is 12.4 Å². The summed E-state index contributed by atoms with van der Waals surface area (Å²) in [7, 11) is 0. The number of carbonyl (C=O) groups is 2. The van der Waals surface area contributed by atoms with Gasteiger partial charge >= 0.3 is 5.97 Å². The first-order chi connectivity index (χ1) is 9.18. The van der Waals surface area contributed by atoms with Gasteiger partial charge in [0.25, 0.3) is 0 Å². The molecule has 0 amide bonds. The minimum absolute atomic E-state index is 0.219. The van der Waals surface area contributed by atoms with E-state index in [2.05, 4.69) is 4.98 Å². The molecule has 2 rings (SSSR count). The Bertz CT molecular complexity index is 566. The van der Waals surface area contributed by atoms with Crippen LogP contribution in [-0.4, -0.2) is 22.8 Å². The van der Waals surface area contributed by atoms with E-state index in [0.717, 1.165) is 0 Å². The van der Waals surface area contributed by atoms with Crippen LogP contribution in [0.4, 0.5) is 0 Å². The number of hydrogen-bond donors (Lipinski definition) is 0. The number of ketones is 1. The van der Waals surface area contributed by atoms with Gasteiger partial charge in [-0.2, -0.15) is 0 Å². The van der Waals surface area contributed by atoms with Crippen molar-refractivity contribution in [2.45, 2.75) is 13.0 Å². The first-order valence-corrected chi connectivity index (χ1v) is 5.89. The van der Waals surface area contributed by atoms with Crippen LogP contribution >= 0.6 is 0 Å². The Kier molecular flexibility index (Phi) is 4.03. The largest absolute Gasteiger partial charge is 0.451 e. The SMILES string of the molecule is CC(OC(=O)c1ccncc1)C(=O)c1ccccc1. The molecule has 0 aliphatic heterocycles. The number of rotatable bonds is 4. The molecule has 1 aromatic heterocycles. The van der Waals surface area contributed by atoms with Crippen LogP contribution in [0.15, 0.2) is 54.9 Å². The molecule has 1 heterocycles. The first-order valence-electron chi connectivity index (χ1n) is 5.89. The second kappa shape index (κ2) is 5.91. The van der Waals surface area contributed by atoms with Crippen LogP contribution in [0.5, 0.6) is 0 Å². The zero-order valence-electron chi connectivity index (χ0n) is 10.4. The maximum atomic E-state index is 12.0. The van der Waals surface area contributed by atoms with Crippen LogP contribution in [0.25, 0.3) is 0 Å². The molecule has 1 aromatic carbocycles. The summed E-state index contributed by atoms with van der Waals surface area (Å²) in [6.45, 7) is 1.56. The third-order valence-electron chi connectivity index (χ3n) is 2.63. The highest BCUT2D eigenvalue weighted by molar-refractivity contribution is 6.01. The van der Waals surface area contributed by atoms with Gasteiger partial charge in [0.05, 0.1) is 5.56 Å². The van der Waals surface area contributed by atoms with Crippen LogP contribution in [0.1, 0.15) is 27.6 Å². The lowest BCUT2D eigenvalue weighted by Gasteiger charge is -2.12. The molecular weight excluding hydrogens is 242 g/mol. The average Bonchev–Trinajstić information content (AvgIpc) is 2.48. The molecule has 0 spiro atoms. The van der Waals surface area contributed by atoms with Gasteiger partial charge in [-0.15, -0.1) is 0 Å². The van der Waals surface area contributed by atoms with Crippen molar-refractivity contribution in [1.29, 1.82) is 0 Å². The molecule has 1 unspecified atom stereocenters. The minimum atomic E-state index is -0.817. The fraction of sp³-hybridized carbons (Fsp3) is 0.133. The minimum Gasteiger partial charge on any atom is -0.451 e. The molecule has 0 fully saturated rings. The Labute approximate surface area is 111 Å². The monoisotopic (exact) mass is 255 g/mol. The highest BCUT2D eigenvalue weighted by Crippen LogP contribution is 2.09. The molecule has 4 heteroatoms. The van der Waals surface area contributed by atoms with Crippen molar-refractivity contribution >= 4 is 11.8 Å². The molecule has 0 saturated carbocycles. The first kappa shape index (κ1) is 13.0. The normalized spacial score (nSPS) is 11.6. The highest BCUT2D eigenvalue weighted by Gasteiger charge is 2.19. The number of benzene rings is 1. The van der Waals surface area contributed by atoms with Gasteiger partial charge in [-0.1, -0.05) is 30.3 Å². The lowest BCUT2D eigenvalue weighted by molar-refractivity contribution is 0.0318. The summed E-state index contributed by atoms with van der Waals surface area (Å²) in [4.78, 5) is 27.6. The van der Waals surface area contributed by atoms with Crippen molar-refractivity contribution in [2.24, 2.45) is 0 Å². The van der Waals surface area contributed by atoms with Crippen LogP contribution in [-0.2, 0) is 4.74 Å². The van der Waals surface area contributed by atoms with Crippen molar-refractivity contribution in [1.82, 2.24) is 4.98 Å². The maximum absolute atomic E-state index is 12.0. The number of nitrogens with zero attached hydrogens (tertiary/aromatic N) is 1. The van der Waals surface area contributed by atoms with Crippen LogP contribution in [0.2, 0.25) is 0 Å². The molecule has 0 radical (unpaired) electrons. The topological polar surface area (TPSA) is 56.3 Å². The number of aromatic nitrogens is 1. The number of hydrogen-bond acceptors (Lipinski definition) is 4. The van der Waals surface area contributed by atoms with Crippen molar-refractivity contribution in [2.75, 3.05) is 0 Å². The van der Waals surface area contributed by atoms with Gasteiger partial charge in [-0.05, 0) is 19.1 Å². The third-order valence-corrected chi connectivity index (χ3v) is 2.63. The Balaban J connectivity index is 2.04. The molecular formula is C15H13NO3. The third kappa shape index (κ3) is 3.25. The zero-order chi connectivity index (χ0) is 13.7. The van der Waals surface area contributed by atoms with E-state index in [-0.39, 0.29) is 5.78 Å². The van der Waals surface area contributed by atoms with E-state index in [4.69, 9.17) is 4.74 Å². The Morgan fingerprint density at radius 3 is 2.26 bits per heavy atom. The van der Waals surface area contributed by atoms with Crippen molar-refractivity contribution in [3.63, 3.8) is 0 Å². The van der Waals surface area contributed by atoms with Gasteiger partial charge in [0.15, 0.2) is 6.10 Å². The number of Topliss-reactive ketones (excluding diaryl/α,β-unsaturated/α-hetero) is 1. The number of ether oxygens (including phenoxy) is 1. The molecule has 0 bridgehead atoms. The summed E-state index contributed by atoms with van der Waals surface area (Å²) >= 11 is 0. The molecule has 1 atom stereocenters. The predicted molar refractivity (Wildman–Crippen MR) is 69.9 cm³/mol. The van der Waals surface area contributed by atoms with E-state index in [0.29, 0.717) is 11.1 Å². The van der Waals surface area contributed by atoms with Crippen molar-refractivity contribution in [3.8, 4) is 0 Å². The summed E-state index contributed by atoms with van der Waals surface area (Å²) in [6, 6.07) is 11.8. The maximum Gasteiger partial charge on any atom is 0.338 e. The molecule has 0 saturated heterocycles. The van der Waals surface area contributed by atoms with Crippen LogP contribution in [0.3, 0.4) is 0 Å². The second-order valence-corrected chi connectivity index (χ2v) is 4.01. The van der Waals surface area contributed by atoms with E-state index in [9.17, 15) is 9.59 Å². The van der Waals surface area contributed by atoms with E-state index < -0.39 is 12.1 Å². The van der Waals surface area contributed by atoms with Gasteiger partial charge in [0.2, 0.25) is 5.78 Å². The standard InChI is InChI=1S/C15H13NO3/c1-11(14(17)12-5-3-2-4-6-12)19-15(18)13-7-9-16-10-8-13/h2-11H,1H3. The second-order valence-electron chi connectivity index (χ2n) is 4.01. The van der Waals surface area contributed by atoms with Crippen molar-refractivity contribution in [3.05, 3.63) is 66.0 Å². The summed E-state index contributed by atoms with van der Waals surface area (Å²) in [5.74, 6) is -0.748. The molecule has 96 valence electrons. The van der Waals surface area contributed by atoms with E-state index in [1.54, 1.807) is 43.3 Å². The molecule has 0 N–H and O–H groups in total. The van der Waals surface area contributed by atoms with E-state index >= 15 is 0 Å². The van der Waals surface area contributed by atoms with Crippen molar-refractivity contribution < 1.29 is 14.3 Å². The van der Waals surface area contributed by atoms with Crippen LogP contribution in [0, 0.1) is 0 Å². The summed E-state index contributed by atoms with van der Waals surface area (Å²) < 4.78 is 5.14. The molecule has 0 aliphatic rings. The zero-order valence-corrected chi connectivity index (χ0v) is 10.4. The van der Waals surface area contributed by atoms with Gasteiger partial charge in [0, 0.05) is 18.0 Å².